The van der Waals surface area contributed by atoms with Crippen LogP contribution >= 0.6 is 0 Å². The molecule has 1 aliphatic carbocycles. The number of imide groups is 1. The number of hydrogen-bond acceptors (Lipinski definition) is 8. The smallest absolute Gasteiger partial charge is 0.414 e. The quantitative estimate of drug-likeness (QED) is 0.739. The first-order valence-electron chi connectivity index (χ1n) is 8.30. The van der Waals surface area contributed by atoms with Crippen LogP contribution in [0.3, 0.4) is 0 Å². The summed E-state index contributed by atoms with van der Waals surface area (Å²) in [6.45, 7) is 1.60. The molecule has 0 saturated carbocycles. The van der Waals surface area contributed by atoms with Crippen LogP contribution in [-0.4, -0.2) is 48.8 Å². The monoisotopic (exact) mass is 374 g/mol. The number of carbonyl (C=O) groups excluding carboxylic acids is 3. The van der Waals surface area contributed by atoms with Crippen molar-refractivity contribution >= 4 is 23.4 Å². The molecule has 2 aromatic rings. The van der Waals surface area contributed by atoms with Crippen LogP contribution in [0.4, 0.5) is 4.79 Å². The second-order valence-corrected chi connectivity index (χ2v) is 6.26. The number of ketones is 1. The van der Waals surface area contributed by atoms with Crippen molar-refractivity contribution < 1.29 is 19.1 Å². The highest BCUT2D eigenvalue weighted by Gasteiger charge is 2.21. The molecule has 2 heterocycles. The molecule has 3 rings (SSSR count). The number of amides is 2. The number of ether oxygens (including phenoxy) is 1. The number of aromatic nitrogens is 5. The zero-order valence-corrected chi connectivity index (χ0v) is 14.8. The van der Waals surface area contributed by atoms with Gasteiger partial charge in [-0.15, -0.1) is 5.10 Å². The third-order valence-electron chi connectivity index (χ3n) is 4.40. The van der Waals surface area contributed by atoms with E-state index in [2.05, 4.69) is 15.3 Å². The Hall–Kier alpha value is -3.37. The van der Waals surface area contributed by atoms with Crippen LogP contribution < -0.4 is 11.0 Å². The summed E-state index contributed by atoms with van der Waals surface area (Å²) in [4.78, 5) is 51.0. The lowest BCUT2D eigenvalue weighted by atomic mass is 9.87. The van der Waals surface area contributed by atoms with Gasteiger partial charge in [0.15, 0.2) is 11.3 Å². The summed E-state index contributed by atoms with van der Waals surface area (Å²) in [5.74, 6) is -0.675. The number of allylic oxidation sites excluding steroid dienone is 1. The number of nitrogens with one attached hydrogen (secondary N) is 1. The largest absolute Gasteiger partial charge is 0.445 e. The van der Waals surface area contributed by atoms with E-state index in [0.717, 1.165) is 27.4 Å². The van der Waals surface area contributed by atoms with Gasteiger partial charge >= 0.3 is 11.8 Å². The van der Waals surface area contributed by atoms with Gasteiger partial charge in [-0.25, -0.2) is 19.0 Å². The van der Waals surface area contributed by atoms with Crippen molar-refractivity contribution in [2.75, 3.05) is 6.61 Å². The fourth-order valence-electron chi connectivity index (χ4n) is 2.78. The van der Waals surface area contributed by atoms with Gasteiger partial charge in [-0.1, -0.05) is 11.3 Å². The second kappa shape index (κ2) is 7.48. The minimum atomic E-state index is -0.937. The Balaban J connectivity index is 1.59. The number of aryl methyl sites for hydroxylation is 1. The minimum absolute atomic E-state index is 0.0205. The Bertz CT molecular complexity index is 1000. The number of fused-ring (bicyclic) bond motifs is 1. The van der Waals surface area contributed by atoms with Gasteiger partial charge in [-0.2, -0.15) is 4.68 Å². The average Bonchev–Trinajstić information content (AvgIpc) is 3.08. The van der Waals surface area contributed by atoms with Gasteiger partial charge in [-0.3, -0.25) is 14.9 Å². The fraction of sp³-hybridized carbons (Fsp3) is 0.438. The highest BCUT2D eigenvalue weighted by atomic mass is 16.5. The van der Waals surface area contributed by atoms with Crippen LogP contribution in [0.1, 0.15) is 36.7 Å². The maximum Gasteiger partial charge on any atom is 0.414 e. The Morgan fingerprint density at radius 1 is 1.37 bits per heavy atom. The molecule has 0 unspecified atom stereocenters. The summed E-state index contributed by atoms with van der Waals surface area (Å²) in [6, 6.07) is 0. The molecule has 11 nitrogen and oxygen atoms in total. The minimum Gasteiger partial charge on any atom is -0.445 e. The summed E-state index contributed by atoms with van der Waals surface area (Å²) in [7, 11) is 1.41. The molecule has 0 aliphatic heterocycles. The highest BCUT2D eigenvalue weighted by Crippen LogP contribution is 2.24. The Morgan fingerprint density at radius 3 is 2.81 bits per heavy atom. The lowest BCUT2D eigenvalue weighted by Crippen LogP contribution is -2.33. The molecule has 1 atom stereocenters. The lowest BCUT2D eigenvalue weighted by molar-refractivity contribution is -0.120. The number of rotatable bonds is 4. The van der Waals surface area contributed by atoms with Gasteiger partial charge in [0.2, 0.25) is 0 Å². The van der Waals surface area contributed by atoms with Crippen molar-refractivity contribution in [2.45, 2.75) is 26.2 Å². The number of imidazole rings is 1. The Kier molecular flexibility index (Phi) is 5.10. The Morgan fingerprint density at radius 2 is 2.15 bits per heavy atom. The van der Waals surface area contributed by atoms with E-state index >= 15 is 0 Å². The van der Waals surface area contributed by atoms with Crippen molar-refractivity contribution in [1.82, 2.24) is 29.7 Å². The SMILES string of the molecule is CC(=O)[C@@H]1CC=C(COC(=O)NC(=O)c2ncn3c(=O)n(C)nnc23)CC1. The molecule has 2 aromatic heterocycles. The van der Waals surface area contributed by atoms with Crippen molar-refractivity contribution in [2.24, 2.45) is 13.0 Å². The van der Waals surface area contributed by atoms with E-state index in [4.69, 9.17) is 4.74 Å². The summed E-state index contributed by atoms with van der Waals surface area (Å²) < 4.78 is 7.07. The molecule has 0 bridgehead atoms. The summed E-state index contributed by atoms with van der Waals surface area (Å²) in [5.41, 5.74) is 0.103. The van der Waals surface area contributed by atoms with Crippen LogP contribution in [0.5, 0.6) is 0 Å². The molecule has 1 N–H and O–H groups in total. The Labute approximate surface area is 153 Å². The predicted octanol–water partition coefficient (Wildman–Crippen LogP) is 0.00490. The third-order valence-corrected chi connectivity index (χ3v) is 4.40. The van der Waals surface area contributed by atoms with Crippen LogP contribution in [0.15, 0.2) is 22.8 Å². The third kappa shape index (κ3) is 3.91. The standard InChI is InChI=1S/C16H18N6O5/c1-9(23)11-5-3-10(4-6-11)7-27-15(25)18-14(24)12-13-19-20-21(2)16(26)22(13)8-17-12/h3,8,11H,4-7H2,1-2H3,(H,18,24,25)/t11-/m1/s1. The molecule has 0 spiro atoms. The van der Waals surface area contributed by atoms with Gasteiger partial charge in [0, 0.05) is 13.0 Å². The molecule has 2 amide bonds. The normalized spacial score (nSPS) is 16.7. The summed E-state index contributed by atoms with van der Waals surface area (Å²) in [6.07, 6.45) is 4.09. The van der Waals surface area contributed by atoms with Crippen molar-refractivity contribution in [3.63, 3.8) is 0 Å². The summed E-state index contributed by atoms with van der Waals surface area (Å²) in [5, 5.41) is 9.36. The molecule has 0 aromatic carbocycles. The van der Waals surface area contributed by atoms with Crippen molar-refractivity contribution in [1.29, 1.82) is 0 Å². The second-order valence-electron chi connectivity index (χ2n) is 6.26. The molecule has 0 fully saturated rings. The van der Waals surface area contributed by atoms with E-state index in [-0.39, 0.29) is 29.6 Å². The molecule has 0 radical (unpaired) electrons. The number of nitrogens with zero attached hydrogens (tertiary/aromatic N) is 5. The first-order chi connectivity index (χ1) is 12.9. The topological polar surface area (TPSA) is 138 Å². The first-order valence-corrected chi connectivity index (χ1v) is 8.30. The van der Waals surface area contributed by atoms with E-state index < -0.39 is 17.7 Å². The van der Waals surface area contributed by atoms with Gasteiger partial charge < -0.3 is 4.74 Å². The van der Waals surface area contributed by atoms with Crippen LogP contribution in [0, 0.1) is 5.92 Å². The molecule has 1 aliphatic rings. The summed E-state index contributed by atoms with van der Waals surface area (Å²) >= 11 is 0. The molecule has 142 valence electrons. The predicted molar refractivity (Wildman–Crippen MR) is 90.9 cm³/mol. The van der Waals surface area contributed by atoms with Crippen LogP contribution in [0.2, 0.25) is 0 Å². The number of Topliss-reactive ketones (excluding diaryl/α,β-unsaturated/α-hetero) is 1. The average molecular weight is 374 g/mol. The molecule has 0 saturated heterocycles. The lowest BCUT2D eigenvalue weighted by Gasteiger charge is -2.19. The zero-order valence-electron chi connectivity index (χ0n) is 14.8. The van der Waals surface area contributed by atoms with E-state index in [9.17, 15) is 19.2 Å². The number of hydrogen-bond donors (Lipinski definition) is 1. The first kappa shape index (κ1) is 18.4. The van der Waals surface area contributed by atoms with E-state index in [1.165, 1.54) is 7.05 Å². The maximum absolute atomic E-state index is 12.2. The zero-order chi connectivity index (χ0) is 19.6. The van der Waals surface area contributed by atoms with Crippen LogP contribution in [0.25, 0.3) is 5.65 Å². The molecular formula is C16H18N6O5. The van der Waals surface area contributed by atoms with E-state index in [1.807, 2.05) is 11.4 Å². The van der Waals surface area contributed by atoms with Crippen molar-refractivity contribution in [3.05, 3.63) is 34.2 Å². The molecule has 11 heteroatoms. The van der Waals surface area contributed by atoms with Gasteiger partial charge in [0.25, 0.3) is 5.91 Å². The van der Waals surface area contributed by atoms with Gasteiger partial charge in [-0.05, 0) is 31.8 Å². The molecular weight excluding hydrogens is 356 g/mol. The van der Waals surface area contributed by atoms with Gasteiger partial charge in [0.05, 0.1) is 0 Å². The fourth-order valence-corrected chi connectivity index (χ4v) is 2.78. The molecule has 27 heavy (non-hydrogen) atoms. The number of alkyl carbamates (subject to hydrolysis) is 1. The van der Waals surface area contributed by atoms with E-state index in [0.29, 0.717) is 12.8 Å². The highest BCUT2D eigenvalue weighted by molar-refractivity contribution is 6.05. The number of carbonyl (C=O) groups is 3. The van der Waals surface area contributed by atoms with Gasteiger partial charge in [0.1, 0.15) is 18.7 Å². The van der Waals surface area contributed by atoms with Crippen LogP contribution in [-0.2, 0) is 16.6 Å². The maximum atomic E-state index is 12.2. The van der Waals surface area contributed by atoms with Crippen molar-refractivity contribution in [3.8, 4) is 0 Å². The van der Waals surface area contributed by atoms with E-state index in [1.54, 1.807) is 6.92 Å².